The zero-order valence-electron chi connectivity index (χ0n) is 9.62. The van der Waals surface area contributed by atoms with E-state index < -0.39 is 0 Å². The van der Waals surface area contributed by atoms with Gasteiger partial charge in [0.25, 0.3) is 0 Å². The maximum atomic E-state index is 8.70. The third-order valence-corrected chi connectivity index (χ3v) is 2.24. The molecular weight excluding hydrogens is 216 g/mol. The van der Waals surface area contributed by atoms with Crippen LogP contribution in [0.15, 0.2) is 18.3 Å². The van der Waals surface area contributed by atoms with E-state index in [4.69, 9.17) is 11.0 Å². The number of hydrogen-bond acceptors (Lipinski definition) is 5. The minimum Gasteiger partial charge on any atom is -0.322 e. The lowest BCUT2D eigenvalue weighted by Gasteiger charge is -2.06. The second-order valence-electron chi connectivity index (χ2n) is 3.73. The van der Waals surface area contributed by atoms with Gasteiger partial charge in [0.05, 0.1) is 11.6 Å². The Morgan fingerprint density at radius 3 is 2.76 bits per heavy atom. The normalized spacial score (nSPS) is 12.1. The minimum absolute atomic E-state index is 0.228. The number of nitrogens with zero attached hydrogens (tertiary/aromatic N) is 5. The van der Waals surface area contributed by atoms with Crippen LogP contribution in [0.5, 0.6) is 0 Å². The second kappa shape index (κ2) is 4.31. The van der Waals surface area contributed by atoms with Gasteiger partial charge in [0.1, 0.15) is 11.9 Å². The average molecular weight is 228 g/mol. The summed E-state index contributed by atoms with van der Waals surface area (Å²) in [6.07, 6.45) is 1.50. The molecule has 0 aliphatic heterocycles. The Bertz CT molecular complexity index is 561. The van der Waals surface area contributed by atoms with E-state index in [0.29, 0.717) is 23.0 Å². The molecule has 1 atom stereocenters. The average Bonchev–Trinajstić information content (AvgIpc) is 2.72. The molecule has 0 radical (unpaired) electrons. The van der Waals surface area contributed by atoms with Crippen LogP contribution in [0.3, 0.4) is 0 Å². The van der Waals surface area contributed by atoms with Gasteiger partial charge in [0.2, 0.25) is 0 Å². The van der Waals surface area contributed by atoms with E-state index in [2.05, 4.69) is 15.1 Å². The number of aryl methyl sites for hydroxylation is 1. The van der Waals surface area contributed by atoms with E-state index in [1.165, 1.54) is 6.20 Å². The zero-order chi connectivity index (χ0) is 12.4. The SMILES string of the molecule is Cc1nc([C@H](C)N)n(-c2ccc(C#N)cn2)n1. The molecule has 0 aromatic carbocycles. The highest BCUT2D eigenvalue weighted by atomic mass is 15.4. The van der Waals surface area contributed by atoms with Gasteiger partial charge in [-0.25, -0.2) is 9.97 Å². The van der Waals surface area contributed by atoms with E-state index in [1.54, 1.807) is 23.7 Å². The van der Waals surface area contributed by atoms with Crippen molar-refractivity contribution in [3.63, 3.8) is 0 Å². The van der Waals surface area contributed by atoms with Crippen LogP contribution in [0.25, 0.3) is 5.82 Å². The van der Waals surface area contributed by atoms with Crippen LogP contribution in [-0.4, -0.2) is 19.7 Å². The molecule has 2 aromatic rings. The van der Waals surface area contributed by atoms with Crippen LogP contribution < -0.4 is 5.73 Å². The van der Waals surface area contributed by atoms with E-state index in [9.17, 15) is 0 Å². The number of pyridine rings is 1. The van der Waals surface area contributed by atoms with Gasteiger partial charge in [-0.3, -0.25) is 0 Å². The lowest BCUT2D eigenvalue weighted by molar-refractivity contribution is 0.680. The molecule has 86 valence electrons. The summed E-state index contributed by atoms with van der Waals surface area (Å²) in [6, 6.07) is 5.19. The summed E-state index contributed by atoms with van der Waals surface area (Å²) in [4.78, 5) is 8.41. The third-order valence-electron chi connectivity index (χ3n) is 2.24. The molecule has 0 aliphatic rings. The van der Waals surface area contributed by atoms with Gasteiger partial charge >= 0.3 is 0 Å². The van der Waals surface area contributed by atoms with Crippen molar-refractivity contribution in [3.8, 4) is 11.9 Å². The van der Waals surface area contributed by atoms with E-state index >= 15 is 0 Å². The summed E-state index contributed by atoms with van der Waals surface area (Å²) in [5, 5.41) is 12.9. The summed E-state index contributed by atoms with van der Waals surface area (Å²) >= 11 is 0. The van der Waals surface area contributed by atoms with Crippen molar-refractivity contribution in [2.45, 2.75) is 19.9 Å². The molecule has 6 nitrogen and oxygen atoms in total. The Morgan fingerprint density at radius 1 is 1.47 bits per heavy atom. The van der Waals surface area contributed by atoms with Crippen molar-refractivity contribution in [3.05, 3.63) is 35.5 Å². The van der Waals surface area contributed by atoms with Crippen LogP contribution in [0, 0.1) is 18.3 Å². The molecule has 2 N–H and O–H groups in total. The third kappa shape index (κ3) is 2.14. The standard InChI is InChI=1S/C11H12N6/c1-7(13)11-15-8(2)16-17(11)10-4-3-9(5-12)6-14-10/h3-4,6-7H,13H2,1-2H3/t7-/m0/s1. The predicted octanol–water partition coefficient (Wildman–Crippen LogP) is 0.862. The number of hydrogen-bond donors (Lipinski definition) is 1. The Morgan fingerprint density at radius 2 is 2.24 bits per heavy atom. The highest BCUT2D eigenvalue weighted by Crippen LogP contribution is 2.12. The van der Waals surface area contributed by atoms with Gasteiger partial charge in [0, 0.05) is 6.20 Å². The van der Waals surface area contributed by atoms with Gasteiger partial charge in [-0.05, 0) is 26.0 Å². The minimum atomic E-state index is -0.228. The van der Waals surface area contributed by atoms with E-state index in [1.807, 2.05) is 13.0 Å². The van der Waals surface area contributed by atoms with Gasteiger partial charge in [0.15, 0.2) is 11.6 Å². The van der Waals surface area contributed by atoms with Crippen molar-refractivity contribution in [2.75, 3.05) is 0 Å². The first kappa shape index (κ1) is 11.2. The fourth-order valence-corrected chi connectivity index (χ4v) is 1.47. The second-order valence-corrected chi connectivity index (χ2v) is 3.73. The molecule has 0 aliphatic carbocycles. The van der Waals surface area contributed by atoms with Gasteiger partial charge in [-0.1, -0.05) is 0 Å². The molecule has 0 saturated heterocycles. The molecule has 0 saturated carbocycles. The van der Waals surface area contributed by atoms with Crippen molar-refractivity contribution in [1.82, 2.24) is 19.7 Å². The summed E-state index contributed by atoms with van der Waals surface area (Å²) in [7, 11) is 0. The number of nitrogens with two attached hydrogens (primary N) is 1. The maximum Gasteiger partial charge on any atom is 0.155 e. The van der Waals surface area contributed by atoms with Crippen LogP contribution in [0.1, 0.15) is 30.2 Å². The van der Waals surface area contributed by atoms with Crippen LogP contribution in [0.2, 0.25) is 0 Å². The van der Waals surface area contributed by atoms with Crippen molar-refractivity contribution < 1.29 is 0 Å². The molecule has 2 heterocycles. The highest BCUT2D eigenvalue weighted by molar-refractivity contribution is 5.32. The topological polar surface area (TPSA) is 93.4 Å². The van der Waals surface area contributed by atoms with Crippen LogP contribution >= 0.6 is 0 Å². The molecule has 0 fully saturated rings. The first-order valence-electron chi connectivity index (χ1n) is 5.17. The maximum absolute atomic E-state index is 8.70. The van der Waals surface area contributed by atoms with Gasteiger partial charge in [-0.15, -0.1) is 5.10 Å². The summed E-state index contributed by atoms with van der Waals surface area (Å²) in [6.45, 7) is 3.63. The number of rotatable bonds is 2. The smallest absolute Gasteiger partial charge is 0.155 e. The molecular formula is C11H12N6. The highest BCUT2D eigenvalue weighted by Gasteiger charge is 2.13. The molecule has 17 heavy (non-hydrogen) atoms. The number of nitriles is 1. The Hall–Kier alpha value is -2.26. The summed E-state index contributed by atoms with van der Waals surface area (Å²) in [5.41, 5.74) is 6.33. The molecule has 6 heteroatoms. The van der Waals surface area contributed by atoms with E-state index in [-0.39, 0.29) is 6.04 Å². The quantitative estimate of drug-likeness (QED) is 0.822. The fourth-order valence-electron chi connectivity index (χ4n) is 1.47. The molecule has 0 unspecified atom stereocenters. The molecule has 2 rings (SSSR count). The monoisotopic (exact) mass is 228 g/mol. The largest absolute Gasteiger partial charge is 0.322 e. The lowest BCUT2D eigenvalue weighted by atomic mass is 10.3. The Balaban J connectivity index is 2.49. The molecule has 2 aromatic heterocycles. The predicted molar refractivity (Wildman–Crippen MR) is 61.2 cm³/mol. The van der Waals surface area contributed by atoms with Crippen molar-refractivity contribution in [2.24, 2.45) is 5.73 Å². The first-order valence-corrected chi connectivity index (χ1v) is 5.17. The summed E-state index contributed by atoms with van der Waals surface area (Å²) in [5.74, 6) is 1.90. The number of aromatic nitrogens is 4. The molecule has 0 bridgehead atoms. The Labute approximate surface area is 98.7 Å². The van der Waals surface area contributed by atoms with Crippen LogP contribution in [0.4, 0.5) is 0 Å². The van der Waals surface area contributed by atoms with Gasteiger partial charge in [-0.2, -0.15) is 9.94 Å². The molecule has 0 amide bonds. The van der Waals surface area contributed by atoms with Gasteiger partial charge < -0.3 is 5.73 Å². The fraction of sp³-hybridized carbons (Fsp3) is 0.273. The molecule has 0 spiro atoms. The lowest BCUT2D eigenvalue weighted by Crippen LogP contribution is -2.14. The van der Waals surface area contributed by atoms with Crippen molar-refractivity contribution in [1.29, 1.82) is 5.26 Å². The van der Waals surface area contributed by atoms with E-state index in [0.717, 1.165) is 0 Å². The van der Waals surface area contributed by atoms with Crippen LogP contribution in [-0.2, 0) is 0 Å². The Kier molecular flexibility index (Phi) is 2.85. The first-order chi connectivity index (χ1) is 8.11. The van der Waals surface area contributed by atoms with Crippen molar-refractivity contribution >= 4 is 0 Å². The zero-order valence-corrected chi connectivity index (χ0v) is 9.62. The summed E-state index contributed by atoms with van der Waals surface area (Å²) < 4.78 is 1.60.